The molecule has 16 heavy (non-hydrogen) atoms. The van der Waals surface area contributed by atoms with E-state index in [-0.39, 0.29) is 11.4 Å². The summed E-state index contributed by atoms with van der Waals surface area (Å²) in [5.74, 6) is -1.79. The van der Waals surface area contributed by atoms with E-state index in [4.69, 9.17) is 22.0 Å². The van der Waals surface area contributed by atoms with Gasteiger partial charge in [0.2, 0.25) is 0 Å². The van der Waals surface area contributed by atoms with Crippen molar-refractivity contribution >= 4 is 17.6 Å². The fourth-order valence-corrected chi connectivity index (χ4v) is 1.39. The topological polar surface area (TPSA) is 74.0 Å². The first-order chi connectivity index (χ1) is 7.52. The summed E-state index contributed by atoms with van der Waals surface area (Å²) in [6.07, 6.45) is -2.07. The van der Waals surface area contributed by atoms with Crippen molar-refractivity contribution in [2.45, 2.75) is 12.3 Å². The molecule has 0 atom stereocenters. The van der Waals surface area contributed by atoms with Crippen molar-refractivity contribution in [3.8, 4) is 6.07 Å². The number of hydrogen-bond donors (Lipinski definition) is 1. The highest BCUT2D eigenvalue weighted by atomic mass is 35.5. The first-order valence-electron chi connectivity index (χ1n) is 4.02. The lowest BCUT2D eigenvalue weighted by Gasteiger charge is -2.09. The van der Waals surface area contributed by atoms with Crippen molar-refractivity contribution in [2.75, 3.05) is 0 Å². The van der Waals surface area contributed by atoms with Crippen LogP contribution < -0.4 is 0 Å². The molecule has 0 aliphatic carbocycles. The lowest BCUT2D eigenvalue weighted by atomic mass is 10.0. The van der Waals surface area contributed by atoms with Gasteiger partial charge in [0.1, 0.15) is 6.07 Å². The molecule has 0 radical (unpaired) electrons. The van der Waals surface area contributed by atoms with Gasteiger partial charge < -0.3 is 5.11 Å². The van der Waals surface area contributed by atoms with Gasteiger partial charge >= 0.3 is 5.97 Å². The predicted octanol–water partition coefficient (Wildman–Crippen LogP) is 2.33. The Labute approximate surface area is 94.1 Å². The van der Waals surface area contributed by atoms with Crippen LogP contribution in [-0.2, 0) is 5.88 Å². The molecule has 1 heterocycles. The van der Waals surface area contributed by atoms with Crippen LogP contribution in [0.2, 0.25) is 0 Å². The number of carboxylic acid groups (broad SMARTS) is 1. The molecule has 7 heteroatoms. The maximum Gasteiger partial charge on any atom is 0.355 e. The molecule has 0 aromatic carbocycles. The molecule has 0 saturated heterocycles. The van der Waals surface area contributed by atoms with Crippen molar-refractivity contribution < 1.29 is 18.7 Å². The zero-order valence-electron chi connectivity index (χ0n) is 7.75. The third kappa shape index (κ3) is 2.09. The van der Waals surface area contributed by atoms with E-state index in [1.54, 1.807) is 0 Å². The molecule has 1 aromatic rings. The summed E-state index contributed by atoms with van der Waals surface area (Å²) in [5, 5.41) is 17.4. The van der Waals surface area contributed by atoms with Crippen LogP contribution in [0.25, 0.3) is 0 Å². The Balaban J connectivity index is 3.58. The highest BCUT2D eigenvalue weighted by Crippen LogP contribution is 2.28. The number of rotatable bonds is 3. The van der Waals surface area contributed by atoms with E-state index in [0.29, 0.717) is 0 Å². The minimum Gasteiger partial charge on any atom is -0.476 e. The summed E-state index contributed by atoms with van der Waals surface area (Å²) in [4.78, 5) is 14.0. The quantitative estimate of drug-likeness (QED) is 0.831. The minimum atomic E-state index is -3.09. The molecule has 0 amide bonds. The smallest absolute Gasteiger partial charge is 0.355 e. The molecule has 4 nitrogen and oxygen atoms in total. The van der Waals surface area contributed by atoms with Crippen molar-refractivity contribution in [3.05, 3.63) is 28.6 Å². The van der Waals surface area contributed by atoms with E-state index >= 15 is 0 Å². The molecule has 0 aliphatic heterocycles. The molecular formula is C9H5ClF2N2O2. The van der Waals surface area contributed by atoms with Gasteiger partial charge in [0.15, 0.2) is 5.69 Å². The van der Waals surface area contributed by atoms with Gasteiger partial charge in [-0.25, -0.2) is 18.6 Å². The molecule has 1 aromatic heterocycles. The SMILES string of the molecule is N#Cc1c(CCl)cnc(C(=O)O)c1C(F)F. The number of carbonyl (C=O) groups is 1. The van der Waals surface area contributed by atoms with Crippen LogP contribution in [0.15, 0.2) is 6.20 Å². The van der Waals surface area contributed by atoms with Crippen LogP contribution in [0.3, 0.4) is 0 Å². The normalized spacial score (nSPS) is 10.2. The summed E-state index contributed by atoms with van der Waals surface area (Å²) in [6, 6.07) is 1.52. The van der Waals surface area contributed by atoms with E-state index in [9.17, 15) is 13.6 Å². The van der Waals surface area contributed by atoms with Crippen molar-refractivity contribution in [3.63, 3.8) is 0 Å². The number of aromatic nitrogens is 1. The van der Waals surface area contributed by atoms with E-state index in [2.05, 4.69) is 4.98 Å². The molecule has 0 fully saturated rings. The Hall–Kier alpha value is -1.74. The number of aromatic carboxylic acids is 1. The average Bonchev–Trinajstić information content (AvgIpc) is 2.26. The molecule has 84 valence electrons. The Morgan fingerprint density at radius 3 is 2.69 bits per heavy atom. The van der Waals surface area contributed by atoms with Crippen LogP contribution in [0.5, 0.6) is 0 Å². The van der Waals surface area contributed by atoms with Gasteiger partial charge in [0.25, 0.3) is 6.43 Å². The standard InChI is InChI=1S/C9H5ClF2N2O2/c10-1-4-3-14-7(9(15)16)6(8(11)12)5(4)2-13/h3,8H,1H2,(H,15,16). The maximum atomic E-state index is 12.7. The lowest BCUT2D eigenvalue weighted by molar-refractivity contribution is 0.0677. The summed E-state index contributed by atoms with van der Waals surface area (Å²) >= 11 is 5.44. The third-order valence-corrected chi connectivity index (χ3v) is 2.16. The van der Waals surface area contributed by atoms with Crippen LogP contribution in [0.1, 0.15) is 33.6 Å². The second kappa shape index (κ2) is 4.86. The fourth-order valence-electron chi connectivity index (χ4n) is 1.18. The second-order valence-electron chi connectivity index (χ2n) is 2.77. The lowest BCUT2D eigenvalue weighted by Crippen LogP contribution is -2.10. The number of alkyl halides is 3. The molecule has 0 aliphatic rings. The highest BCUT2D eigenvalue weighted by molar-refractivity contribution is 6.17. The van der Waals surface area contributed by atoms with Gasteiger partial charge in [-0.05, 0) is 0 Å². The molecular weight excluding hydrogens is 242 g/mol. The van der Waals surface area contributed by atoms with E-state index in [1.165, 1.54) is 6.07 Å². The minimum absolute atomic E-state index is 0.0875. The first-order valence-corrected chi connectivity index (χ1v) is 4.55. The number of carboxylic acids is 1. The second-order valence-corrected chi connectivity index (χ2v) is 3.04. The zero-order valence-corrected chi connectivity index (χ0v) is 8.50. The van der Waals surface area contributed by atoms with Gasteiger partial charge in [-0.3, -0.25) is 0 Å². The van der Waals surface area contributed by atoms with Crippen molar-refractivity contribution in [1.29, 1.82) is 5.26 Å². The Morgan fingerprint density at radius 2 is 2.31 bits per heavy atom. The molecule has 1 N–H and O–H groups in total. The van der Waals surface area contributed by atoms with E-state index < -0.39 is 29.2 Å². The summed E-state index contributed by atoms with van der Waals surface area (Å²) in [7, 11) is 0. The molecule has 0 unspecified atom stereocenters. The molecule has 0 spiro atoms. The van der Waals surface area contributed by atoms with Crippen LogP contribution in [-0.4, -0.2) is 16.1 Å². The van der Waals surface area contributed by atoms with Crippen LogP contribution in [0, 0.1) is 11.3 Å². The average molecular weight is 247 g/mol. The van der Waals surface area contributed by atoms with E-state index in [0.717, 1.165) is 6.20 Å². The van der Waals surface area contributed by atoms with Gasteiger partial charge in [0, 0.05) is 11.8 Å². The number of pyridine rings is 1. The largest absolute Gasteiger partial charge is 0.476 e. The summed E-state index contributed by atoms with van der Waals surface area (Å²) in [6.45, 7) is 0. The first kappa shape index (κ1) is 12.3. The Bertz CT molecular complexity index is 471. The molecule has 0 saturated carbocycles. The van der Waals surface area contributed by atoms with Crippen molar-refractivity contribution in [1.82, 2.24) is 4.98 Å². The summed E-state index contributed by atoms with van der Waals surface area (Å²) < 4.78 is 25.3. The van der Waals surface area contributed by atoms with Gasteiger partial charge in [-0.15, -0.1) is 11.6 Å². The van der Waals surface area contributed by atoms with Crippen LogP contribution in [0.4, 0.5) is 8.78 Å². The molecule has 0 bridgehead atoms. The number of halogens is 3. The predicted molar refractivity (Wildman–Crippen MR) is 50.4 cm³/mol. The summed E-state index contributed by atoms with van der Waals surface area (Å²) in [5.41, 5.74) is -2.03. The Kier molecular flexibility index (Phi) is 3.74. The van der Waals surface area contributed by atoms with E-state index in [1.807, 2.05) is 0 Å². The molecule has 1 rings (SSSR count). The van der Waals surface area contributed by atoms with Gasteiger partial charge in [0.05, 0.1) is 17.0 Å². The monoisotopic (exact) mass is 246 g/mol. The highest BCUT2D eigenvalue weighted by Gasteiger charge is 2.25. The fraction of sp³-hybridized carbons (Fsp3) is 0.222. The Morgan fingerprint density at radius 1 is 1.69 bits per heavy atom. The number of hydrogen-bond acceptors (Lipinski definition) is 3. The van der Waals surface area contributed by atoms with Gasteiger partial charge in [-0.1, -0.05) is 0 Å². The number of nitriles is 1. The van der Waals surface area contributed by atoms with Crippen molar-refractivity contribution in [2.24, 2.45) is 0 Å². The number of nitrogens with zero attached hydrogens (tertiary/aromatic N) is 2. The zero-order chi connectivity index (χ0) is 12.3. The maximum absolute atomic E-state index is 12.7. The third-order valence-electron chi connectivity index (χ3n) is 1.87. The van der Waals surface area contributed by atoms with Crippen LogP contribution >= 0.6 is 11.6 Å². The van der Waals surface area contributed by atoms with Gasteiger partial charge in [-0.2, -0.15) is 5.26 Å².